The predicted molar refractivity (Wildman–Crippen MR) is 90.2 cm³/mol. The Hall–Kier alpha value is -2.45. The average molecular weight is 347 g/mol. The molecule has 2 N–H and O–H groups in total. The molecule has 0 bridgehead atoms. The highest BCUT2D eigenvalue weighted by molar-refractivity contribution is 7.93. The summed E-state index contributed by atoms with van der Waals surface area (Å²) in [6.45, 7) is 3.53. The minimum Gasteiger partial charge on any atom is -0.322 e. The topological polar surface area (TPSA) is 107 Å². The van der Waals surface area contributed by atoms with Crippen LogP contribution < -0.4 is 10.0 Å². The van der Waals surface area contributed by atoms with Gasteiger partial charge in [0.05, 0.1) is 27.1 Å². The number of anilines is 1. The molecule has 0 amide bonds. The summed E-state index contributed by atoms with van der Waals surface area (Å²) in [6, 6.07) is 11.5. The first-order chi connectivity index (χ1) is 11.2. The van der Waals surface area contributed by atoms with Crippen molar-refractivity contribution in [2.45, 2.75) is 30.3 Å². The first-order valence-electron chi connectivity index (χ1n) is 7.32. The van der Waals surface area contributed by atoms with Gasteiger partial charge in [0.15, 0.2) is 0 Å². The number of nitrogens with zero attached hydrogens (tertiary/aromatic N) is 2. The van der Waals surface area contributed by atoms with Crippen molar-refractivity contribution in [3.8, 4) is 0 Å². The smallest absolute Gasteiger partial charge is 0.269 e. The lowest BCUT2D eigenvalue weighted by atomic mass is 9.94. The third-order valence-electron chi connectivity index (χ3n) is 4.36. The predicted octanol–water partition coefficient (Wildman–Crippen LogP) is 2.58. The maximum absolute atomic E-state index is 13.1. The Kier molecular flexibility index (Phi) is 3.61. The maximum Gasteiger partial charge on any atom is 0.269 e. The van der Waals surface area contributed by atoms with E-state index in [2.05, 4.69) is 0 Å². The number of fused-ring (bicyclic) bond motifs is 1. The Morgan fingerprint density at radius 3 is 2.29 bits per heavy atom. The van der Waals surface area contributed by atoms with Crippen LogP contribution in [0.15, 0.2) is 53.4 Å². The van der Waals surface area contributed by atoms with Crippen molar-refractivity contribution in [2.75, 3.05) is 4.31 Å². The molecule has 0 saturated carbocycles. The molecule has 1 aliphatic rings. The van der Waals surface area contributed by atoms with Gasteiger partial charge in [0.1, 0.15) is 0 Å². The highest BCUT2D eigenvalue weighted by Gasteiger charge is 2.49. The van der Waals surface area contributed by atoms with Gasteiger partial charge in [-0.15, -0.1) is 0 Å². The van der Waals surface area contributed by atoms with Crippen molar-refractivity contribution >= 4 is 21.4 Å². The van der Waals surface area contributed by atoms with Crippen molar-refractivity contribution in [3.63, 3.8) is 0 Å². The van der Waals surface area contributed by atoms with Crippen LogP contribution in [0.2, 0.25) is 0 Å². The summed E-state index contributed by atoms with van der Waals surface area (Å²) in [5.41, 5.74) is 6.53. The second kappa shape index (κ2) is 5.29. The van der Waals surface area contributed by atoms with Crippen LogP contribution >= 0.6 is 0 Å². The summed E-state index contributed by atoms with van der Waals surface area (Å²) in [6.07, 6.45) is 0. The van der Waals surface area contributed by atoms with Gasteiger partial charge in [-0.1, -0.05) is 18.2 Å². The number of nitro groups is 1. The molecule has 1 unspecified atom stereocenters. The molecule has 3 rings (SSSR count). The molecule has 126 valence electrons. The molecule has 0 radical (unpaired) electrons. The quantitative estimate of drug-likeness (QED) is 0.678. The van der Waals surface area contributed by atoms with E-state index < -0.39 is 26.5 Å². The Bertz CT molecular complexity index is 907. The van der Waals surface area contributed by atoms with Crippen molar-refractivity contribution in [1.29, 1.82) is 0 Å². The van der Waals surface area contributed by atoms with E-state index in [0.29, 0.717) is 5.69 Å². The summed E-state index contributed by atoms with van der Waals surface area (Å²) in [5, 5.41) is 10.8. The van der Waals surface area contributed by atoms with Crippen LogP contribution in [0.5, 0.6) is 0 Å². The second-order valence-electron chi connectivity index (χ2n) is 6.21. The number of para-hydroxylation sites is 1. The van der Waals surface area contributed by atoms with E-state index in [-0.39, 0.29) is 10.6 Å². The zero-order valence-electron chi connectivity index (χ0n) is 13.2. The molecule has 8 heteroatoms. The summed E-state index contributed by atoms with van der Waals surface area (Å²) in [7, 11) is -3.90. The van der Waals surface area contributed by atoms with Crippen LogP contribution in [0.3, 0.4) is 0 Å². The molecular formula is C16H17N3O4S. The fourth-order valence-electron chi connectivity index (χ4n) is 3.04. The van der Waals surface area contributed by atoms with Crippen LogP contribution in [0, 0.1) is 10.1 Å². The van der Waals surface area contributed by atoms with Crippen LogP contribution in [-0.2, 0) is 10.0 Å². The molecule has 7 nitrogen and oxygen atoms in total. The average Bonchev–Trinajstić information content (AvgIpc) is 2.75. The number of hydrogen-bond donors (Lipinski definition) is 1. The molecule has 2 aromatic rings. The number of nitrogens with two attached hydrogens (primary N) is 1. The Labute approximate surface area is 139 Å². The minimum atomic E-state index is -3.90. The number of sulfonamides is 1. The Morgan fingerprint density at radius 2 is 1.71 bits per heavy atom. The zero-order chi connectivity index (χ0) is 17.7. The summed E-state index contributed by atoms with van der Waals surface area (Å²) in [5.74, 6) is 0. The first kappa shape index (κ1) is 16.4. The molecule has 2 aromatic carbocycles. The van der Waals surface area contributed by atoms with E-state index in [1.54, 1.807) is 26.0 Å². The highest BCUT2D eigenvalue weighted by Crippen LogP contribution is 2.47. The third-order valence-corrected chi connectivity index (χ3v) is 6.38. The monoisotopic (exact) mass is 347 g/mol. The highest BCUT2D eigenvalue weighted by atomic mass is 32.2. The summed E-state index contributed by atoms with van der Waals surface area (Å²) < 4.78 is 27.6. The fraction of sp³-hybridized carbons (Fsp3) is 0.250. The van der Waals surface area contributed by atoms with E-state index in [0.717, 1.165) is 5.56 Å². The number of benzene rings is 2. The number of hydrogen-bond acceptors (Lipinski definition) is 5. The lowest BCUT2D eigenvalue weighted by Gasteiger charge is -2.35. The van der Waals surface area contributed by atoms with E-state index in [9.17, 15) is 18.5 Å². The normalized spacial score (nSPS) is 19.1. The van der Waals surface area contributed by atoms with Crippen molar-refractivity contribution in [3.05, 3.63) is 64.2 Å². The molecular weight excluding hydrogens is 330 g/mol. The minimum absolute atomic E-state index is 0.00919. The molecule has 0 saturated heterocycles. The van der Waals surface area contributed by atoms with Gasteiger partial charge in [-0.3, -0.25) is 14.4 Å². The van der Waals surface area contributed by atoms with Gasteiger partial charge in [0.2, 0.25) is 0 Å². The van der Waals surface area contributed by atoms with E-state index in [1.807, 2.05) is 12.1 Å². The SMILES string of the molecule is CC1(C)C(N)c2ccccc2N1S(=O)(=O)c1ccc([N+](=O)[O-])cc1. The van der Waals surface area contributed by atoms with Gasteiger partial charge in [-0.2, -0.15) is 0 Å². The number of rotatable bonds is 3. The molecule has 0 spiro atoms. The van der Waals surface area contributed by atoms with Gasteiger partial charge in [0, 0.05) is 12.1 Å². The van der Waals surface area contributed by atoms with Gasteiger partial charge >= 0.3 is 0 Å². The van der Waals surface area contributed by atoms with Crippen molar-refractivity contribution in [1.82, 2.24) is 0 Å². The van der Waals surface area contributed by atoms with Crippen LogP contribution in [0.1, 0.15) is 25.5 Å². The molecule has 0 aliphatic carbocycles. The lowest BCUT2D eigenvalue weighted by Crippen LogP contribution is -2.49. The Morgan fingerprint density at radius 1 is 1.12 bits per heavy atom. The maximum atomic E-state index is 13.1. The van der Waals surface area contributed by atoms with Crippen LogP contribution in [-0.4, -0.2) is 18.9 Å². The molecule has 1 heterocycles. The third kappa shape index (κ3) is 2.26. The molecule has 1 aliphatic heterocycles. The van der Waals surface area contributed by atoms with Crippen molar-refractivity contribution in [2.24, 2.45) is 5.73 Å². The van der Waals surface area contributed by atoms with E-state index in [1.165, 1.54) is 28.6 Å². The standard InChI is InChI=1S/C16H17N3O4S/c1-16(2)15(17)13-5-3-4-6-14(13)18(16)24(22,23)12-9-7-11(8-10-12)19(20)21/h3-10,15H,17H2,1-2H3. The van der Waals surface area contributed by atoms with Crippen LogP contribution in [0.25, 0.3) is 0 Å². The van der Waals surface area contributed by atoms with Crippen LogP contribution in [0.4, 0.5) is 11.4 Å². The lowest BCUT2D eigenvalue weighted by molar-refractivity contribution is -0.384. The van der Waals surface area contributed by atoms with Gasteiger partial charge in [-0.25, -0.2) is 8.42 Å². The second-order valence-corrected chi connectivity index (χ2v) is 8.00. The van der Waals surface area contributed by atoms with Gasteiger partial charge < -0.3 is 5.73 Å². The zero-order valence-corrected chi connectivity index (χ0v) is 14.0. The molecule has 0 aromatic heterocycles. The number of nitro benzene ring substituents is 1. The summed E-state index contributed by atoms with van der Waals surface area (Å²) in [4.78, 5) is 10.2. The largest absolute Gasteiger partial charge is 0.322 e. The molecule has 0 fully saturated rings. The first-order valence-corrected chi connectivity index (χ1v) is 8.76. The van der Waals surface area contributed by atoms with E-state index in [4.69, 9.17) is 5.73 Å². The van der Waals surface area contributed by atoms with Gasteiger partial charge in [0.25, 0.3) is 15.7 Å². The molecule has 24 heavy (non-hydrogen) atoms. The van der Waals surface area contributed by atoms with Gasteiger partial charge in [-0.05, 0) is 37.6 Å². The Balaban J connectivity index is 2.14. The fourth-order valence-corrected chi connectivity index (χ4v) is 4.89. The summed E-state index contributed by atoms with van der Waals surface area (Å²) >= 11 is 0. The molecule has 1 atom stereocenters. The van der Waals surface area contributed by atoms with Crippen molar-refractivity contribution < 1.29 is 13.3 Å². The number of non-ortho nitro benzene ring substituents is 1. The van der Waals surface area contributed by atoms with E-state index >= 15 is 0 Å².